The molecular formula is C30H54O3S. The van der Waals surface area contributed by atoms with E-state index < -0.39 is 5.97 Å². The number of thioether (sulfide) groups is 1. The van der Waals surface area contributed by atoms with Crippen LogP contribution in [0.25, 0.3) is 0 Å². The third-order valence-corrected chi connectivity index (χ3v) is 6.98. The number of aromatic hydroxyl groups is 1. The van der Waals surface area contributed by atoms with Gasteiger partial charge in [0.1, 0.15) is 5.75 Å². The first-order valence-electron chi connectivity index (χ1n) is 13.5. The quantitative estimate of drug-likeness (QED) is 0.253. The molecule has 1 aromatic carbocycles. The van der Waals surface area contributed by atoms with Gasteiger partial charge in [0.05, 0.1) is 5.75 Å². The molecule has 0 atom stereocenters. The second kappa shape index (κ2) is 17.3. The molecular weight excluding hydrogens is 440 g/mol. The van der Waals surface area contributed by atoms with Crippen molar-refractivity contribution in [3.63, 3.8) is 0 Å². The summed E-state index contributed by atoms with van der Waals surface area (Å²) < 4.78 is 0. The molecule has 198 valence electrons. The fourth-order valence-corrected chi connectivity index (χ4v) is 4.59. The van der Waals surface area contributed by atoms with Crippen LogP contribution in [0.1, 0.15) is 143 Å². The van der Waals surface area contributed by atoms with E-state index in [2.05, 4.69) is 55.4 Å². The molecule has 0 aliphatic carbocycles. The van der Waals surface area contributed by atoms with Gasteiger partial charge in [-0.1, -0.05) is 138 Å². The summed E-state index contributed by atoms with van der Waals surface area (Å²) in [5.41, 5.74) is 2.59. The third kappa shape index (κ3) is 15.0. The first-order valence-corrected chi connectivity index (χ1v) is 14.7. The summed E-state index contributed by atoms with van der Waals surface area (Å²) in [6, 6.07) is 4.00. The molecule has 2 N–H and O–H groups in total. The fourth-order valence-electron chi connectivity index (χ4n) is 3.91. The van der Waals surface area contributed by atoms with Crippen LogP contribution in [-0.2, 0) is 21.4 Å². The molecule has 0 unspecified atom stereocenters. The van der Waals surface area contributed by atoms with E-state index in [4.69, 9.17) is 5.11 Å². The van der Waals surface area contributed by atoms with Gasteiger partial charge in [-0.15, -0.1) is 11.8 Å². The van der Waals surface area contributed by atoms with Crippen LogP contribution in [0, 0.1) is 0 Å². The normalized spacial score (nSPS) is 11.8. The predicted octanol–water partition coefficient (Wildman–Crippen LogP) is 9.62. The molecule has 0 fully saturated rings. The van der Waals surface area contributed by atoms with Crippen LogP contribution in [0.4, 0.5) is 0 Å². The first kappa shape index (κ1) is 32.8. The Balaban J connectivity index is 0.000000722. The van der Waals surface area contributed by atoms with E-state index in [0.717, 1.165) is 16.7 Å². The van der Waals surface area contributed by atoms with Crippen molar-refractivity contribution in [2.24, 2.45) is 0 Å². The standard InChI is InChI=1S/C17H26O3S.C13H28/c1-16(2,3)12-7-11(9-21-10-14(18)19)8-13(15(12)20)17(4,5)6;1-3-5-7-9-11-13-12-10-8-6-4-2/h7-8,20H,9-10H2,1-6H3,(H,18,19);3-13H2,1-2H3. The third-order valence-electron chi connectivity index (χ3n) is 5.99. The maximum absolute atomic E-state index is 10.6. The Morgan fingerprint density at radius 1 is 0.735 bits per heavy atom. The van der Waals surface area contributed by atoms with Crippen LogP contribution in [-0.4, -0.2) is 21.9 Å². The molecule has 0 bridgehead atoms. The molecule has 0 aliphatic rings. The lowest BCUT2D eigenvalue weighted by molar-refractivity contribution is -0.133. The predicted molar refractivity (Wildman–Crippen MR) is 151 cm³/mol. The molecule has 0 aliphatic heterocycles. The lowest BCUT2D eigenvalue weighted by Crippen LogP contribution is -2.17. The van der Waals surface area contributed by atoms with Crippen molar-refractivity contribution in [1.29, 1.82) is 0 Å². The highest BCUT2D eigenvalue weighted by Crippen LogP contribution is 2.40. The molecule has 0 aromatic heterocycles. The number of carboxylic acids is 1. The summed E-state index contributed by atoms with van der Waals surface area (Å²) in [6.45, 7) is 17.0. The number of carbonyl (C=O) groups is 1. The molecule has 1 aromatic rings. The zero-order valence-corrected chi connectivity index (χ0v) is 24.4. The minimum atomic E-state index is -0.800. The average Bonchev–Trinajstić information content (AvgIpc) is 2.72. The van der Waals surface area contributed by atoms with Gasteiger partial charge in [0.15, 0.2) is 0 Å². The van der Waals surface area contributed by atoms with Crippen molar-refractivity contribution in [2.75, 3.05) is 5.75 Å². The Morgan fingerprint density at radius 2 is 1.09 bits per heavy atom. The first-order chi connectivity index (χ1) is 15.8. The molecule has 4 heteroatoms. The number of rotatable bonds is 14. The van der Waals surface area contributed by atoms with Crippen LogP contribution in [0.5, 0.6) is 5.75 Å². The zero-order chi connectivity index (χ0) is 26.2. The molecule has 0 spiro atoms. The van der Waals surface area contributed by atoms with E-state index >= 15 is 0 Å². The van der Waals surface area contributed by atoms with Crippen molar-refractivity contribution >= 4 is 17.7 Å². The lowest BCUT2D eigenvalue weighted by Gasteiger charge is -2.28. The summed E-state index contributed by atoms with van der Waals surface area (Å²) >= 11 is 1.38. The molecule has 0 saturated heterocycles. The molecule has 0 amide bonds. The van der Waals surface area contributed by atoms with Gasteiger partial charge >= 0.3 is 5.97 Å². The van der Waals surface area contributed by atoms with Crippen molar-refractivity contribution in [3.8, 4) is 5.75 Å². The molecule has 1 rings (SSSR count). The van der Waals surface area contributed by atoms with Crippen LogP contribution < -0.4 is 0 Å². The number of carboxylic acid groups (broad SMARTS) is 1. The molecule has 0 heterocycles. The summed E-state index contributed by atoms with van der Waals surface area (Å²) in [6.07, 6.45) is 15.9. The summed E-state index contributed by atoms with van der Waals surface area (Å²) in [4.78, 5) is 10.6. The van der Waals surface area contributed by atoms with Gasteiger partial charge in [0, 0.05) is 5.75 Å². The van der Waals surface area contributed by atoms with Crippen molar-refractivity contribution in [2.45, 2.75) is 143 Å². The van der Waals surface area contributed by atoms with Crippen LogP contribution in [0.15, 0.2) is 12.1 Å². The monoisotopic (exact) mass is 494 g/mol. The van der Waals surface area contributed by atoms with Crippen LogP contribution >= 0.6 is 11.8 Å². The van der Waals surface area contributed by atoms with Gasteiger partial charge in [-0.25, -0.2) is 0 Å². The highest BCUT2D eigenvalue weighted by Gasteiger charge is 2.26. The van der Waals surface area contributed by atoms with E-state index in [-0.39, 0.29) is 16.6 Å². The average molecular weight is 495 g/mol. The van der Waals surface area contributed by atoms with E-state index in [0.29, 0.717) is 11.5 Å². The van der Waals surface area contributed by atoms with E-state index in [1.54, 1.807) is 0 Å². The number of hydrogen-bond donors (Lipinski definition) is 2. The van der Waals surface area contributed by atoms with Gasteiger partial charge in [-0.2, -0.15) is 0 Å². The maximum Gasteiger partial charge on any atom is 0.313 e. The number of aliphatic carboxylic acids is 1. The molecule has 3 nitrogen and oxygen atoms in total. The summed E-state index contributed by atoms with van der Waals surface area (Å²) in [5.74, 6) is 0.294. The smallest absolute Gasteiger partial charge is 0.313 e. The lowest BCUT2D eigenvalue weighted by atomic mass is 9.78. The van der Waals surface area contributed by atoms with Gasteiger partial charge in [0.25, 0.3) is 0 Å². The highest BCUT2D eigenvalue weighted by molar-refractivity contribution is 7.99. The number of unbranched alkanes of at least 4 members (excludes halogenated alkanes) is 10. The van der Waals surface area contributed by atoms with Crippen molar-refractivity contribution in [3.05, 3.63) is 28.8 Å². The SMILES string of the molecule is CC(C)(C)c1cc(CSCC(=O)O)cc(C(C)(C)C)c1O.CCCCCCCCCCCCC. The Hall–Kier alpha value is -1.16. The highest BCUT2D eigenvalue weighted by atomic mass is 32.2. The topological polar surface area (TPSA) is 57.5 Å². The molecule has 34 heavy (non-hydrogen) atoms. The van der Waals surface area contributed by atoms with Gasteiger partial charge < -0.3 is 10.2 Å². The molecule has 0 radical (unpaired) electrons. The second-order valence-electron chi connectivity index (χ2n) is 11.6. The minimum absolute atomic E-state index is 0.0938. The van der Waals surface area contributed by atoms with Gasteiger partial charge in [-0.3, -0.25) is 4.79 Å². The maximum atomic E-state index is 10.6. The van der Waals surface area contributed by atoms with E-state index in [1.807, 2.05) is 12.1 Å². The summed E-state index contributed by atoms with van der Waals surface area (Å²) in [5, 5.41) is 19.3. The van der Waals surface area contributed by atoms with E-state index in [9.17, 15) is 9.90 Å². The zero-order valence-electron chi connectivity index (χ0n) is 23.6. The number of benzene rings is 1. The van der Waals surface area contributed by atoms with Crippen LogP contribution in [0.2, 0.25) is 0 Å². The molecule has 0 saturated carbocycles. The number of hydrogen-bond acceptors (Lipinski definition) is 3. The fraction of sp³-hybridized carbons (Fsp3) is 0.767. The Kier molecular flexibility index (Phi) is 16.7. The largest absolute Gasteiger partial charge is 0.507 e. The van der Waals surface area contributed by atoms with E-state index in [1.165, 1.54) is 82.4 Å². The minimum Gasteiger partial charge on any atom is -0.507 e. The van der Waals surface area contributed by atoms with Crippen LogP contribution in [0.3, 0.4) is 0 Å². The van der Waals surface area contributed by atoms with Gasteiger partial charge in [-0.05, 0) is 27.5 Å². The summed E-state index contributed by atoms with van der Waals surface area (Å²) in [7, 11) is 0. The second-order valence-corrected chi connectivity index (χ2v) is 12.6. The van der Waals surface area contributed by atoms with Crippen molar-refractivity contribution < 1.29 is 15.0 Å². The Bertz CT molecular complexity index is 638. The van der Waals surface area contributed by atoms with Gasteiger partial charge in [0.2, 0.25) is 0 Å². The van der Waals surface area contributed by atoms with Crippen molar-refractivity contribution in [1.82, 2.24) is 0 Å². The Labute approximate surface area is 215 Å². The number of phenols is 1. The Morgan fingerprint density at radius 3 is 1.38 bits per heavy atom. The number of phenolic OH excluding ortho intramolecular Hbond substituents is 1.